The minimum absolute atomic E-state index is 0.0280. The Morgan fingerprint density at radius 3 is 2.34 bits per heavy atom. The van der Waals surface area contributed by atoms with Gasteiger partial charge in [0, 0.05) is 31.1 Å². The molecular weight excluding hydrogens is 557 g/mol. The lowest BCUT2D eigenvalue weighted by Gasteiger charge is -2.27. The van der Waals surface area contributed by atoms with Crippen molar-refractivity contribution in [1.82, 2.24) is 20.1 Å². The smallest absolute Gasteiger partial charge is 0.364 e. The van der Waals surface area contributed by atoms with Crippen molar-refractivity contribution in [1.29, 1.82) is 0 Å². The van der Waals surface area contributed by atoms with Gasteiger partial charge in [-0.05, 0) is 57.1 Å². The van der Waals surface area contributed by atoms with E-state index in [1.54, 1.807) is 13.8 Å². The number of anilines is 1. The van der Waals surface area contributed by atoms with Gasteiger partial charge in [-0.1, -0.05) is 11.6 Å². The fourth-order valence-electron chi connectivity index (χ4n) is 4.36. The highest BCUT2D eigenvalue weighted by Gasteiger charge is 2.57. The predicted molar refractivity (Wildman–Crippen MR) is 133 cm³/mol. The fraction of sp³-hybridized carbons (Fsp3) is 0.609. The van der Waals surface area contributed by atoms with Crippen LogP contribution in [0.5, 0.6) is 0 Å². The third kappa shape index (κ3) is 6.74. The molecule has 2 N–H and O–H groups in total. The number of nitrogens with one attached hydrogen (secondary N) is 2. The Morgan fingerprint density at radius 2 is 1.82 bits per heavy atom. The van der Waals surface area contributed by atoms with Crippen molar-refractivity contribution >= 4 is 33.2 Å². The highest BCUT2D eigenvalue weighted by atomic mass is 35.5. The Balaban J connectivity index is 1.72. The molecule has 2 aromatic rings. The molecule has 1 aliphatic carbocycles. The zero-order valence-electron chi connectivity index (χ0n) is 21.0. The first-order valence-electron chi connectivity index (χ1n) is 11.9. The number of carbonyl (C=O) groups excluding carboxylic acids is 1. The van der Waals surface area contributed by atoms with E-state index in [2.05, 4.69) is 15.4 Å². The van der Waals surface area contributed by atoms with Gasteiger partial charge in [0.1, 0.15) is 15.7 Å². The summed E-state index contributed by atoms with van der Waals surface area (Å²) in [6.45, 7) is 2.36. The molecule has 212 valence electrons. The molecule has 0 unspecified atom stereocenters. The number of aromatic nitrogens is 3. The molecule has 1 fully saturated rings. The molecule has 1 aliphatic rings. The van der Waals surface area contributed by atoms with E-state index in [9.17, 15) is 35.2 Å². The van der Waals surface area contributed by atoms with Gasteiger partial charge in [-0.25, -0.2) is 13.4 Å². The molecule has 38 heavy (non-hydrogen) atoms. The van der Waals surface area contributed by atoms with Crippen LogP contribution in [0.2, 0.25) is 5.02 Å². The Morgan fingerprint density at radius 1 is 1.18 bits per heavy atom. The van der Waals surface area contributed by atoms with E-state index in [4.69, 9.17) is 11.6 Å². The molecule has 2 heterocycles. The first-order chi connectivity index (χ1) is 17.5. The number of alkyl halides is 5. The minimum atomic E-state index is -5.69. The van der Waals surface area contributed by atoms with Gasteiger partial charge in [0.25, 0.3) is 5.91 Å². The number of hydrogen-bond donors (Lipinski definition) is 2. The second-order valence-corrected chi connectivity index (χ2v) is 12.2. The lowest BCUT2D eigenvalue weighted by atomic mass is 9.89. The summed E-state index contributed by atoms with van der Waals surface area (Å²) in [7, 11) is -3.09. The van der Waals surface area contributed by atoms with Crippen molar-refractivity contribution < 1.29 is 35.2 Å². The molecule has 0 radical (unpaired) electrons. The summed E-state index contributed by atoms with van der Waals surface area (Å²) in [6, 6.07) is 1.30. The summed E-state index contributed by atoms with van der Waals surface area (Å²) < 4.78 is 88.7. The number of amides is 1. The van der Waals surface area contributed by atoms with Gasteiger partial charge < -0.3 is 10.6 Å². The van der Waals surface area contributed by atoms with Gasteiger partial charge in [-0.3, -0.25) is 9.48 Å². The Hall–Kier alpha value is -2.48. The van der Waals surface area contributed by atoms with Crippen molar-refractivity contribution in [3.63, 3.8) is 0 Å². The normalized spacial score (nSPS) is 18.9. The quantitative estimate of drug-likeness (QED) is 0.407. The van der Waals surface area contributed by atoms with Crippen LogP contribution in [0, 0.1) is 12.8 Å². The number of carbonyl (C=O) groups is 1. The molecule has 0 atom stereocenters. The van der Waals surface area contributed by atoms with Crippen LogP contribution in [0.3, 0.4) is 0 Å². The zero-order chi connectivity index (χ0) is 28.5. The number of nitrogens with zero attached hydrogens (tertiary/aromatic N) is 3. The van der Waals surface area contributed by atoms with Crippen molar-refractivity contribution in [3.8, 4) is 11.3 Å². The number of rotatable bonds is 9. The molecule has 15 heteroatoms. The molecule has 0 aromatic carbocycles. The van der Waals surface area contributed by atoms with E-state index < -0.39 is 34.4 Å². The first-order valence-corrected chi connectivity index (χ1v) is 14.3. The largest absolute Gasteiger partial charge is 0.455 e. The highest BCUT2D eigenvalue weighted by molar-refractivity contribution is 7.91. The number of halogens is 6. The lowest BCUT2D eigenvalue weighted by molar-refractivity contribution is -0.275. The Kier molecular flexibility index (Phi) is 8.96. The SMILES string of the molecule is CCn1nc(C(=O)NCC2CCC(S(C)(=O)=O)CC2)c(Cl)c1-c1cnc(NCC(F)(F)C(F)(F)F)cc1C. The number of hydrogen-bond acceptors (Lipinski definition) is 6. The van der Waals surface area contributed by atoms with Crippen LogP contribution < -0.4 is 10.6 Å². The van der Waals surface area contributed by atoms with E-state index in [0.29, 0.717) is 55.6 Å². The molecule has 0 saturated heterocycles. The number of aryl methyl sites for hydroxylation is 2. The van der Waals surface area contributed by atoms with E-state index in [-0.39, 0.29) is 27.7 Å². The molecule has 0 spiro atoms. The van der Waals surface area contributed by atoms with E-state index in [0.717, 1.165) is 0 Å². The molecular formula is C23H29ClF5N5O3S. The second-order valence-electron chi connectivity index (χ2n) is 9.45. The van der Waals surface area contributed by atoms with E-state index >= 15 is 0 Å². The molecule has 1 amide bonds. The standard InChI is InChI=1S/C23H29ClF5N5O3S/c1-4-34-20(16-11-30-17(9-13(16)2)32-12-22(25,26)23(27,28)29)18(24)19(33-34)21(35)31-10-14-5-7-15(8-6-14)38(3,36)37/h9,11,14-15H,4-8,10,12H2,1-3H3,(H,30,32)(H,31,35). The van der Waals surface area contributed by atoms with Gasteiger partial charge in [0.2, 0.25) is 0 Å². The van der Waals surface area contributed by atoms with Gasteiger partial charge in [-0.2, -0.15) is 27.1 Å². The van der Waals surface area contributed by atoms with Crippen LogP contribution >= 0.6 is 11.6 Å². The minimum Gasteiger partial charge on any atom is -0.364 e. The van der Waals surface area contributed by atoms with Crippen LogP contribution in [0.1, 0.15) is 48.7 Å². The average Bonchev–Trinajstić information content (AvgIpc) is 3.16. The molecule has 2 aromatic heterocycles. The topological polar surface area (TPSA) is 106 Å². The highest BCUT2D eigenvalue weighted by Crippen LogP contribution is 2.36. The monoisotopic (exact) mass is 585 g/mol. The van der Waals surface area contributed by atoms with Gasteiger partial charge in [-0.15, -0.1) is 0 Å². The van der Waals surface area contributed by atoms with Crippen LogP contribution in [-0.4, -0.2) is 65.8 Å². The maximum Gasteiger partial charge on any atom is 0.455 e. The third-order valence-electron chi connectivity index (χ3n) is 6.63. The second kappa shape index (κ2) is 11.3. The van der Waals surface area contributed by atoms with Gasteiger partial charge >= 0.3 is 12.1 Å². The van der Waals surface area contributed by atoms with Crippen molar-refractivity contribution in [3.05, 3.63) is 28.5 Å². The summed E-state index contributed by atoms with van der Waals surface area (Å²) >= 11 is 6.53. The average molecular weight is 586 g/mol. The third-order valence-corrected chi connectivity index (χ3v) is 8.67. The fourth-order valence-corrected chi connectivity index (χ4v) is 5.81. The molecule has 0 bridgehead atoms. The van der Waals surface area contributed by atoms with Crippen molar-refractivity contribution in [2.24, 2.45) is 5.92 Å². The summed E-state index contributed by atoms with van der Waals surface area (Å²) in [5.74, 6) is -5.50. The summed E-state index contributed by atoms with van der Waals surface area (Å²) in [4.78, 5) is 16.8. The van der Waals surface area contributed by atoms with Crippen LogP contribution in [0.15, 0.2) is 12.3 Å². The van der Waals surface area contributed by atoms with Crippen LogP contribution in [-0.2, 0) is 16.4 Å². The van der Waals surface area contributed by atoms with Crippen LogP contribution in [0.4, 0.5) is 27.8 Å². The van der Waals surface area contributed by atoms with Crippen molar-refractivity contribution in [2.75, 3.05) is 24.7 Å². The van der Waals surface area contributed by atoms with E-state index in [1.165, 1.54) is 23.2 Å². The summed E-state index contributed by atoms with van der Waals surface area (Å²) in [5.41, 5.74) is 1.21. The maximum atomic E-state index is 13.2. The first kappa shape index (κ1) is 30.1. The summed E-state index contributed by atoms with van der Waals surface area (Å²) in [6.07, 6.45) is -0.777. The van der Waals surface area contributed by atoms with Crippen molar-refractivity contribution in [2.45, 2.75) is 63.4 Å². The van der Waals surface area contributed by atoms with E-state index in [1.807, 2.05) is 5.32 Å². The molecule has 8 nitrogen and oxygen atoms in total. The Bertz CT molecular complexity index is 1270. The number of sulfone groups is 1. The predicted octanol–water partition coefficient (Wildman–Crippen LogP) is 4.87. The maximum absolute atomic E-state index is 13.2. The molecule has 1 saturated carbocycles. The van der Waals surface area contributed by atoms with Gasteiger partial charge in [0.05, 0.1) is 22.5 Å². The number of pyridine rings is 1. The Labute approximate surface area is 222 Å². The molecule has 3 rings (SSSR count). The summed E-state index contributed by atoms with van der Waals surface area (Å²) in [5, 5.41) is 8.79. The zero-order valence-corrected chi connectivity index (χ0v) is 22.6. The lowest BCUT2D eigenvalue weighted by Crippen LogP contribution is -2.42. The van der Waals surface area contributed by atoms with Crippen LogP contribution in [0.25, 0.3) is 11.3 Å². The van der Waals surface area contributed by atoms with Gasteiger partial charge in [0.15, 0.2) is 5.69 Å². The molecule has 0 aliphatic heterocycles.